The monoisotopic (exact) mass is 438 g/mol. The number of nitrogens with zero attached hydrogens (tertiary/aromatic N) is 3. The zero-order chi connectivity index (χ0) is 22.8. The van der Waals surface area contributed by atoms with Gasteiger partial charge in [0.25, 0.3) is 5.91 Å². The van der Waals surface area contributed by atoms with E-state index in [0.29, 0.717) is 28.4 Å². The Labute approximate surface area is 188 Å². The number of benzene rings is 3. The van der Waals surface area contributed by atoms with Crippen molar-refractivity contribution in [1.29, 1.82) is 0 Å². The third-order valence-electron chi connectivity index (χ3n) is 5.11. The van der Waals surface area contributed by atoms with E-state index in [1.807, 2.05) is 18.2 Å². The molecule has 8 heteroatoms. The van der Waals surface area contributed by atoms with Gasteiger partial charge in [-0.25, -0.2) is 13.9 Å². The van der Waals surface area contributed by atoms with Crippen LogP contribution in [0.4, 0.5) is 27.3 Å². The van der Waals surface area contributed by atoms with Gasteiger partial charge in [0.15, 0.2) is 5.65 Å². The largest absolute Gasteiger partial charge is 0.399 e. The molecule has 0 bridgehead atoms. The van der Waals surface area contributed by atoms with Crippen molar-refractivity contribution in [2.24, 2.45) is 0 Å². The zero-order valence-electron chi connectivity index (χ0n) is 17.4. The van der Waals surface area contributed by atoms with E-state index < -0.39 is 0 Å². The van der Waals surface area contributed by atoms with Crippen molar-refractivity contribution in [3.63, 3.8) is 0 Å². The van der Waals surface area contributed by atoms with Gasteiger partial charge in [0.05, 0.1) is 6.20 Å². The summed E-state index contributed by atoms with van der Waals surface area (Å²) in [5, 5.41) is 10.4. The van der Waals surface area contributed by atoms with Gasteiger partial charge in [0, 0.05) is 34.4 Å². The van der Waals surface area contributed by atoms with Crippen molar-refractivity contribution in [3.05, 3.63) is 103 Å². The number of hydrogen-bond donors (Lipinski definition) is 3. The molecule has 33 heavy (non-hydrogen) atoms. The van der Waals surface area contributed by atoms with E-state index in [1.54, 1.807) is 65.4 Å². The number of carbonyl (C=O) groups is 1. The van der Waals surface area contributed by atoms with Gasteiger partial charge < -0.3 is 16.4 Å². The summed E-state index contributed by atoms with van der Waals surface area (Å²) in [6.45, 7) is 0. The minimum atomic E-state index is -0.293. The number of nitrogens with two attached hydrogens (primary N) is 1. The molecule has 7 nitrogen and oxygen atoms in total. The minimum Gasteiger partial charge on any atom is -0.399 e. The van der Waals surface area contributed by atoms with Gasteiger partial charge in [-0.05, 0) is 72.3 Å². The number of carbonyl (C=O) groups excluding carboxylic acids is 1. The summed E-state index contributed by atoms with van der Waals surface area (Å²) in [5.74, 6) is 0.126. The van der Waals surface area contributed by atoms with Crippen molar-refractivity contribution < 1.29 is 9.18 Å². The van der Waals surface area contributed by atoms with Gasteiger partial charge in [0.1, 0.15) is 11.6 Å². The predicted molar refractivity (Wildman–Crippen MR) is 127 cm³/mol. The lowest BCUT2D eigenvalue weighted by Gasteiger charge is -2.09. The van der Waals surface area contributed by atoms with E-state index in [0.717, 1.165) is 16.8 Å². The van der Waals surface area contributed by atoms with Crippen LogP contribution in [0.5, 0.6) is 0 Å². The summed E-state index contributed by atoms with van der Waals surface area (Å²) in [7, 11) is 0. The molecule has 4 N–H and O–H groups in total. The predicted octanol–water partition coefficient (Wildman–Crippen LogP) is 5.11. The lowest BCUT2D eigenvalue weighted by Crippen LogP contribution is -2.11. The van der Waals surface area contributed by atoms with Crippen LogP contribution in [0.3, 0.4) is 0 Å². The van der Waals surface area contributed by atoms with Crippen LogP contribution < -0.4 is 16.4 Å². The number of rotatable bonds is 5. The smallest absolute Gasteiger partial charge is 0.255 e. The summed E-state index contributed by atoms with van der Waals surface area (Å²) in [6, 6.07) is 22.1. The lowest BCUT2D eigenvalue weighted by atomic mass is 10.1. The molecule has 5 aromatic rings. The first-order chi connectivity index (χ1) is 16.0. The molecule has 1 amide bonds. The Kier molecular flexibility index (Phi) is 5.16. The molecule has 2 heterocycles. The van der Waals surface area contributed by atoms with Crippen molar-refractivity contribution in [3.8, 4) is 11.1 Å². The van der Waals surface area contributed by atoms with Crippen LogP contribution in [0.25, 0.3) is 16.8 Å². The number of halogens is 1. The first-order valence-electron chi connectivity index (χ1n) is 10.2. The van der Waals surface area contributed by atoms with Crippen molar-refractivity contribution >= 4 is 34.4 Å². The van der Waals surface area contributed by atoms with E-state index in [1.165, 1.54) is 12.1 Å². The highest BCUT2D eigenvalue weighted by molar-refractivity contribution is 6.04. The standard InChI is InChI=1S/C25H19FN6O/c26-18-5-1-16(2-6-18)22-15-28-32-14-13-23(31-24(22)32)29-20-9-11-21(12-10-20)30-25(33)17-3-7-19(27)8-4-17/h1-15H,27H2,(H,29,31)(H,30,33). The number of amides is 1. The normalized spacial score (nSPS) is 10.8. The van der Waals surface area contributed by atoms with Crippen LogP contribution in [0.2, 0.25) is 0 Å². The highest BCUT2D eigenvalue weighted by Crippen LogP contribution is 2.25. The van der Waals surface area contributed by atoms with E-state index in [4.69, 9.17) is 5.73 Å². The SMILES string of the molecule is Nc1ccc(C(=O)Nc2ccc(Nc3ccn4ncc(-c5ccc(F)cc5)c4n3)cc2)cc1. The second kappa shape index (κ2) is 8.43. The summed E-state index contributed by atoms with van der Waals surface area (Å²) in [4.78, 5) is 17.0. The van der Waals surface area contributed by atoms with Crippen LogP contribution in [-0.4, -0.2) is 20.5 Å². The summed E-state index contributed by atoms with van der Waals surface area (Å²) in [6.07, 6.45) is 3.51. The average Bonchev–Trinajstić information content (AvgIpc) is 3.24. The Morgan fingerprint density at radius 3 is 2.30 bits per heavy atom. The maximum atomic E-state index is 13.3. The molecule has 0 radical (unpaired) electrons. The number of anilines is 4. The third-order valence-corrected chi connectivity index (χ3v) is 5.11. The Hall–Kier alpha value is -4.72. The lowest BCUT2D eigenvalue weighted by molar-refractivity contribution is 0.102. The van der Waals surface area contributed by atoms with Crippen LogP contribution in [-0.2, 0) is 0 Å². The molecule has 0 aliphatic carbocycles. The maximum absolute atomic E-state index is 13.3. The number of nitrogens with one attached hydrogen (secondary N) is 2. The van der Waals surface area contributed by atoms with E-state index in [-0.39, 0.29) is 11.7 Å². The minimum absolute atomic E-state index is 0.211. The molecular formula is C25H19FN6O. The Morgan fingerprint density at radius 2 is 1.58 bits per heavy atom. The van der Waals surface area contributed by atoms with Crippen LogP contribution >= 0.6 is 0 Å². The molecule has 0 unspecified atom stereocenters. The third kappa shape index (κ3) is 4.35. The zero-order valence-corrected chi connectivity index (χ0v) is 17.4. The van der Waals surface area contributed by atoms with Gasteiger partial charge in [-0.1, -0.05) is 12.1 Å². The van der Waals surface area contributed by atoms with Gasteiger partial charge in [-0.2, -0.15) is 5.10 Å². The summed E-state index contributed by atoms with van der Waals surface area (Å²) >= 11 is 0. The Morgan fingerprint density at radius 1 is 0.879 bits per heavy atom. The topological polar surface area (TPSA) is 97.3 Å². The molecule has 2 aromatic heterocycles. The highest BCUT2D eigenvalue weighted by atomic mass is 19.1. The number of nitrogen functional groups attached to an aromatic ring is 1. The quantitative estimate of drug-likeness (QED) is 0.331. The number of fused-ring (bicyclic) bond motifs is 1. The second-order valence-corrected chi connectivity index (χ2v) is 7.42. The van der Waals surface area contributed by atoms with Crippen molar-refractivity contribution in [2.75, 3.05) is 16.4 Å². The highest BCUT2D eigenvalue weighted by Gasteiger charge is 2.10. The van der Waals surface area contributed by atoms with Crippen LogP contribution in [0, 0.1) is 5.82 Å². The van der Waals surface area contributed by atoms with Gasteiger partial charge >= 0.3 is 0 Å². The van der Waals surface area contributed by atoms with E-state index in [2.05, 4.69) is 20.7 Å². The molecule has 0 atom stereocenters. The fourth-order valence-electron chi connectivity index (χ4n) is 3.39. The Bertz CT molecular complexity index is 1430. The number of hydrogen-bond acceptors (Lipinski definition) is 5. The van der Waals surface area contributed by atoms with Gasteiger partial charge in [-0.3, -0.25) is 4.79 Å². The summed E-state index contributed by atoms with van der Waals surface area (Å²) in [5.41, 5.74) is 10.6. The maximum Gasteiger partial charge on any atom is 0.255 e. The van der Waals surface area contributed by atoms with E-state index >= 15 is 0 Å². The molecule has 0 fully saturated rings. The van der Waals surface area contributed by atoms with Gasteiger partial charge in [0.2, 0.25) is 0 Å². The van der Waals surface area contributed by atoms with E-state index in [9.17, 15) is 9.18 Å². The van der Waals surface area contributed by atoms with Crippen LogP contribution in [0.1, 0.15) is 10.4 Å². The molecule has 0 aliphatic rings. The molecule has 0 spiro atoms. The molecule has 0 saturated heterocycles. The molecular weight excluding hydrogens is 419 g/mol. The summed E-state index contributed by atoms with van der Waals surface area (Å²) < 4.78 is 14.9. The second-order valence-electron chi connectivity index (χ2n) is 7.42. The fraction of sp³-hybridized carbons (Fsp3) is 0. The van der Waals surface area contributed by atoms with Crippen molar-refractivity contribution in [2.45, 2.75) is 0 Å². The molecule has 0 saturated carbocycles. The number of aromatic nitrogens is 3. The first-order valence-corrected chi connectivity index (χ1v) is 10.2. The Balaban J connectivity index is 1.32. The average molecular weight is 438 g/mol. The molecule has 162 valence electrons. The first kappa shape index (κ1) is 20.2. The molecule has 5 rings (SSSR count). The molecule has 3 aromatic carbocycles. The molecule has 0 aliphatic heterocycles. The van der Waals surface area contributed by atoms with Crippen LogP contribution in [0.15, 0.2) is 91.3 Å². The van der Waals surface area contributed by atoms with Crippen molar-refractivity contribution in [1.82, 2.24) is 14.6 Å². The fourth-order valence-corrected chi connectivity index (χ4v) is 3.39. The van der Waals surface area contributed by atoms with Gasteiger partial charge in [-0.15, -0.1) is 0 Å².